The molecule has 1 aliphatic heterocycles. The third-order valence-electron chi connectivity index (χ3n) is 6.05. The molecule has 35 heavy (non-hydrogen) atoms. The van der Waals surface area contributed by atoms with Crippen LogP contribution in [-0.2, 0) is 11.3 Å². The van der Waals surface area contributed by atoms with Gasteiger partial charge in [-0.3, -0.25) is 0 Å². The molecule has 1 aliphatic rings. The molecule has 0 unspecified atom stereocenters. The van der Waals surface area contributed by atoms with E-state index in [1.165, 1.54) is 5.56 Å². The molecule has 1 fully saturated rings. The fraction of sp³-hybridized carbons (Fsp3) is 0.296. The van der Waals surface area contributed by atoms with Gasteiger partial charge in [-0.15, -0.1) is 0 Å². The molecule has 0 atom stereocenters. The van der Waals surface area contributed by atoms with E-state index in [4.69, 9.17) is 4.74 Å². The molecular weight excluding hydrogens is 442 g/mol. The van der Waals surface area contributed by atoms with Gasteiger partial charge in [0.15, 0.2) is 0 Å². The minimum atomic E-state index is -0.317. The number of amides is 3. The van der Waals surface area contributed by atoms with Gasteiger partial charge in [0.1, 0.15) is 12.4 Å². The molecule has 0 bridgehead atoms. The highest BCUT2D eigenvalue weighted by Gasteiger charge is 2.21. The number of rotatable bonds is 5. The number of aryl methyl sites for hydroxylation is 2. The van der Waals surface area contributed by atoms with E-state index in [1.807, 2.05) is 74.5 Å². The summed E-state index contributed by atoms with van der Waals surface area (Å²) in [6, 6.07) is 18.9. The van der Waals surface area contributed by atoms with E-state index < -0.39 is 0 Å². The Labute approximate surface area is 205 Å². The van der Waals surface area contributed by atoms with E-state index in [0.717, 1.165) is 35.6 Å². The van der Waals surface area contributed by atoms with E-state index in [-0.39, 0.29) is 18.7 Å². The normalized spacial score (nSPS) is 13.7. The number of ether oxygens (including phenoxy) is 1. The molecule has 1 aromatic heterocycles. The first-order chi connectivity index (χ1) is 17.0. The van der Waals surface area contributed by atoms with Crippen LogP contribution in [0.25, 0.3) is 0 Å². The molecule has 182 valence electrons. The van der Waals surface area contributed by atoms with Crippen molar-refractivity contribution in [2.24, 2.45) is 0 Å². The minimum Gasteiger partial charge on any atom is -0.445 e. The van der Waals surface area contributed by atoms with Crippen LogP contribution in [0, 0.1) is 13.8 Å². The van der Waals surface area contributed by atoms with Crippen LogP contribution in [0.15, 0.2) is 66.9 Å². The van der Waals surface area contributed by atoms with Gasteiger partial charge in [-0.2, -0.15) is 0 Å². The number of nitrogens with one attached hydrogen (secondary N) is 2. The molecule has 8 heteroatoms. The van der Waals surface area contributed by atoms with Gasteiger partial charge in [0.05, 0.1) is 11.9 Å². The number of benzene rings is 2. The highest BCUT2D eigenvalue weighted by molar-refractivity contribution is 5.99. The Balaban J connectivity index is 1.26. The van der Waals surface area contributed by atoms with Gasteiger partial charge < -0.3 is 25.2 Å². The molecular formula is C27H31N5O3. The quantitative estimate of drug-likeness (QED) is 0.532. The number of anilines is 3. The molecule has 2 heterocycles. The van der Waals surface area contributed by atoms with E-state index >= 15 is 0 Å². The highest BCUT2D eigenvalue weighted by atomic mass is 16.6. The van der Waals surface area contributed by atoms with Crippen molar-refractivity contribution in [3.8, 4) is 0 Å². The summed E-state index contributed by atoms with van der Waals surface area (Å²) in [7, 11) is 0. The molecule has 4 rings (SSSR count). The molecule has 0 saturated carbocycles. The second kappa shape index (κ2) is 11.4. The Kier molecular flexibility index (Phi) is 7.82. The number of aromatic nitrogens is 1. The summed E-state index contributed by atoms with van der Waals surface area (Å²) < 4.78 is 5.48. The van der Waals surface area contributed by atoms with Crippen LogP contribution in [0.3, 0.4) is 0 Å². The number of nitrogens with zero attached hydrogens (tertiary/aromatic N) is 3. The predicted molar refractivity (Wildman–Crippen MR) is 138 cm³/mol. The zero-order chi connectivity index (χ0) is 24.6. The SMILES string of the molecule is Cc1ccc(NC(=O)Nc2ccc(N3CCCN(C(=O)OCc4ccccc4)CC3)nc2)cc1C. The standard InChI is InChI=1S/C27H31N5O3/c1-20-9-10-23(17-21(20)2)29-26(33)30-24-11-12-25(28-18-24)31-13-6-14-32(16-15-31)27(34)35-19-22-7-4-3-5-8-22/h3-5,7-12,17-18H,6,13-16,19H2,1-2H3,(H2,29,30,33). The van der Waals surface area contributed by atoms with Gasteiger partial charge in [0.25, 0.3) is 0 Å². The summed E-state index contributed by atoms with van der Waals surface area (Å²) in [6.07, 6.45) is 2.17. The maximum Gasteiger partial charge on any atom is 0.410 e. The number of urea groups is 1. The average Bonchev–Trinajstić information content (AvgIpc) is 3.12. The first-order valence-electron chi connectivity index (χ1n) is 11.8. The van der Waals surface area contributed by atoms with Crippen molar-refractivity contribution in [1.82, 2.24) is 9.88 Å². The number of carbonyl (C=O) groups is 2. The van der Waals surface area contributed by atoms with Crippen LogP contribution < -0.4 is 15.5 Å². The van der Waals surface area contributed by atoms with Crippen LogP contribution in [0.2, 0.25) is 0 Å². The van der Waals surface area contributed by atoms with Crippen molar-refractivity contribution in [2.45, 2.75) is 26.9 Å². The van der Waals surface area contributed by atoms with Crippen molar-refractivity contribution in [1.29, 1.82) is 0 Å². The molecule has 2 aromatic carbocycles. The Hall–Kier alpha value is -4.07. The smallest absolute Gasteiger partial charge is 0.410 e. The molecule has 0 radical (unpaired) electrons. The minimum absolute atomic E-state index is 0.271. The topological polar surface area (TPSA) is 86.8 Å². The zero-order valence-corrected chi connectivity index (χ0v) is 20.2. The summed E-state index contributed by atoms with van der Waals surface area (Å²) in [5, 5.41) is 5.66. The molecule has 0 spiro atoms. The monoisotopic (exact) mass is 473 g/mol. The number of hydrogen-bond donors (Lipinski definition) is 2. The summed E-state index contributed by atoms with van der Waals surface area (Å²) >= 11 is 0. The Morgan fingerprint density at radius 1 is 0.886 bits per heavy atom. The number of pyridine rings is 1. The van der Waals surface area contributed by atoms with Crippen LogP contribution in [0.5, 0.6) is 0 Å². The van der Waals surface area contributed by atoms with Gasteiger partial charge in [-0.1, -0.05) is 36.4 Å². The maximum atomic E-state index is 12.5. The number of hydrogen-bond acceptors (Lipinski definition) is 5. The van der Waals surface area contributed by atoms with Gasteiger partial charge in [0, 0.05) is 31.9 Å². The third kappa shape index (κ3) is 6.72. The second-order valence-corrected chi connectivity index (χ2v) is 8.65. The first-order valence-corrected chi connectivity index (χ1v) is 11.8. The van der Waals surface area contributed by atoms with Gasteiger partial charge >= 0.3 is 12.1 Å². The Morgan fingerprint density at radius 2 is 1.66 bits per heavy atom. The average molecular weight is 474 g/mol. The molecule has 0 aliphatic carbocycles. The third-order valence-corrected chi connectivity index (χ3v) is 6.05. The van der Waals surface area contributed by atoms with Crippen molar-refractivity contribution in [3.63, 3.8) is 0 Å². The summed E-state index contributed by atoms with van der Waals surface area (Å²) in [4.78, 5) is 33.3. The van der Waals surface area contributed by atoms with E-state index in [0.29, 0.717) is 25.3 Å². The predicted octanol–water partition coefficient (Wildman–Crippen LogP) is 5.19. The lowest BCUT2D eigenvalue weighted by atomic mass is 10.1. The van der Waals surface area contributed by atoms with Gasteiger partial charge in [-0.25, -0.2) is 14.6 Å². The summed E-state index contributed by atoms with van der Waals surface area (Å²) in [5.41, 5.74) is 4.62. The molecule has 3 amide bonds. The summed E-state index contributed by atoms with van der Waals surface area (Å²) in [5.74, 6) is 0.810. The lowest BCUT2D eigenvalue weighted by Gasteiger charge is -2.22. The second-order valence-electron chi connectivity index (χ2n) is 8.65. The van der Waals surface area contributed by atoms with E-state index in [9.17, 15) is 9.59 Å². The molecule has 3 aromatic rings. The Bertz CT molecular complexity index is 1150. The maximum absolute atomic E-state index is 12.5. The molecule has 2 N–H and O–H groups in total. The van der Waals surface area contributed by atoms with Crippen LogP contribution in [-0.4, -0.2) is 48.2 Å². The summed E-state index contributed by atoms with van der Waals surface area (Å²) in [6.45, 7) is 6.97. The first kappa shape index (κ1) is 24.1. The van der Waals surface area contributed by atoms with Crippen LogP contribution in [0.1, 0.15) is 23.1 Å². The van der Waals surface area contributed by atoms with Gasteiger partial charge in [0.2, 0.25) is 0 Å². The van der Waals surface area contributed by atoms with Crippen LogP contribution >= 0.6 is 0 Å². The lowest BCUT2D eigenvalue weighted by Crippen LogP contribution is -2.35. The largest absolute Gasteiger partial charge is 0.445 e. The van der Waals surface area contributed by atoms with E-state index in [1.54, 1.807) is 11.1 Å². The van der Waals surface area contributed by atoms with Crippen molar-refractivity contribution < 1.29 is 14.3 Å². The fourth-order valence-electron chi connectivity index (χ4n) is 3.90. The Morgan fingerprint density at radius 3 is 2.40 bits per heavy atom. The molecule has 8 nitrogen and oxygen atoms in total. The number of carbonyl (C=O) groups excluding carboxylic acids is 2. The fourth-order valence-corrected chi connectivity index (χ4v) is 3.90. The van der Waals surface area contributed by atoms with Crippen LogP contribution in [0.4, 0.5) is 26.8 Å². The zero-order valence-electron chi connectivity index (χ0n) is 20.2. The van der Waals surface area contributed by atoms with Crippen molar-refractivity contribution in [2.75, 3.05) is 41.7 Å². The lowest BCUT2D eigenvalue weighted by molar-refractivity contribution is 0.0986. The van der Waals surface area contributed by atoms with Crippen molar-refractivity contribution in [3.05, 3.63) is 83.6 Å². The highest BCUT2D eigenvalue weighted by Crippen LogP contribution is 2.18. The van der Waals surface area contributed by atoms with Crippen molar-refractivity contribution >= 4 is 29.3 Å². The molecule has 1 saturated heterocycles. The van der Waals surface area contributed by atoms with Gasteiger partial charge in [-0.05, 0) is 61.2 Å². The van der Waals surface area contributed by atoms with E-state index in [2.05, 4.69) is 20.5 Å².